The van der Waals surface area contributed by atoms with Crippen molar-refractivity contribution in [2.24, 2.45) is 5.73 Å². The summed E-state index contributed by atoms with van der Waals surface area (Å²) in [6.45, 7) is 5.51. The van der Waals surface area contributed by atoms with Crippen LogP contribution in [0.15, 0.2) is 12.1 Å². The second-order valence-corrected chi connectivity index (χ2v) is 3.37. The van der Waals surface area contributed by atoms with Crippen molar-refractivity contribution in [2.45, 2.75) is 13.8 Å². The van der Waals surface area contributed by atoms with Gasteiger partial charge in [0.1, 0.15) is 5.75 Å². The Morgan fingerprint density at radius 2 is 2.07 bits per heavy atom. The van der Waals surface area contributed by atoms with Crippen LogP contribution in [0.2, 0.25) is 0 Å². The summed E-state index contributed by atoms with van der Waals surface area (Å²) in [7, 11) is 1.68. The van der Waals surface area contributed by atoms with Crippen molar-refractivity contribution in [3.63, 3.8) is 0 Å². The van der Waals surface area contributed by atoms with E-state index in [-0.39, 0.29) is 0 Å². The molecule has 0 bridgehead atoms. The van der Waals surface area contributed by atoms with Crippen LogP contribution in [-0.2, 0) is 0 Å². The second kappa shape index (κ2) is 4.86. The van der Waals surface area contributed by atoms with Gasteiger partial charge in [0.15, 0.2) is 0 Å². The van der Waals surface area contributed by atoms with E-state index in [2.05, 4.69) is 25.2 Å². The van der Waals surface area contributed by atoms with E-state index in [0.29, 0.717) is 6.54 Å². The highest BCUT2D eigenvalue weighted by Gasteiger charge is 2.05. The number of benzene rings is 1. The Kier molecular flexibility index (Phi) is 3.77. The third-order valence-corrected chi connectivity index (χ3v) is 2.11. The van der Waals surface area contributed by atoms with Crippen molar-refractivity contribution >= 4 is 5.69 Å². The van der Waals surface area contributed by atoms with Crippen LogP contribution < -0.4 is 15.8 Å². The first-order chi connectivity index (χ1) is 6.69. The lowest BCUT2D eigenvalue weighted by atomic mass is 10.1. The summed E-state index contributed by atoms with van der Waals surface area (Å²) in [6, 6.07) is 4.15. The van der Waals surface area contributed by atoms with E-state index in [9.17, 15) is 0 Å². The predicted octanol–water partition coefficient (Wildman–Crippen LogP) is 1.68. The Balaban J connectivity index is 2.99. The minimum atomic E-state index is 0.621. The zero-order valence-corrected chi connectivity index (χ0v) is 9.05. The van der Waals surface area contributed by atoms with E-state index < -0.39 is 0 Å². The van der Waals surface area contributed by atoms with Gasteiger partial charge in [-0.3, -0.25) is 0 Å². The maximum atomic E-state index is 5.44. The number of aryl methyl sites for hydroxylation is 2. The number of nitrogens with one attached hydrogen (secondary N) is 1. The molecular formula is C11H18N2O. The zero-order valence-electron chi connectivity index (χ0n) is 9.05. The van der Waals surface area contributed by atoms with Gasteiger partial charge in [0.25, 0.3) is 0 Å². The van der Waals surface area contributed by atoms with Crippen LogP contribution in [0.4, 0.5) is 5.69 Å². The molecule has 0 unspecified atom stereocenters. The van der Waals surface area contributed by atoms with Gasteiger partial charge in [-0.25, -0.2) is 0 Å². The molecule has 0 saturated heterocycles. The maximum Gasteiger partial charge on any atom is 0.142 e. The van der Waals surface area contributed by atoms with E-state index in [1.165, 1.54) is 11.1 Å². The molecule has 0 fully saturated rings. The highest BCUT2D eigenvalue weighted by Crippen LogP contribution is 2.29. The average Bonchev–Trinajstić information content (AvgIpc) is 2.15. The van der Waals surface area contributed by atoms with Gasteiger partial charge in [-0.1, -0.05) is 6.07 Å². The second-order valence-electron chi connectivity index (χ2n) is 3.37. The SMILES string of the molecule is COc1cc(C)cc(C)c1NCCN. The highest BCUT2D eigenvalue weighted by atomic mass is 16.5. The van der Waals surface area contributed by atoms with Gasteiger partial charge < -0.3 is 15.8 Å². The molecule has 0 aliphatic rings. The predicted molar refractivity (Wildman–Crippen MR) is 60.0 cm³/mol. The minimum absolute atomic E-state index is 0.621. The molecule has 1 rings (SSSR count). The smallest absolute Gasteiger partial charge is 0.142 e. The third kappa shape index (κ3) is 2.39. The van der Waals surface area contributed by atoms with Crippen LogP contribution in [0.5, 0.6) is 5.75 Å². The van der Waals surface area contributed by atoms with E-state index >= 15 is 0 Å². The summed E-state index contributed by atoms with van der Waals surface area (Å²) in [6.07, 6.45) is 0. The number of nitrogens with two attached hydrogens (primary N) is 1. The first-order valence-electron chi connectivity index (χ1n) is 4.78. The molecule has 3 heteroatoms. The van der Waals surface area contributed by atoms with Gasteiger partial charge in [-0.15, -0.1) is 0 Å². The lowest BCUT2D eigenvalue weighted by molar-refractivity contribution is 0.416. The molecule has 1 aromatic rings. The molecule has 0 atom stereocenters. The van der Waals surface area contributed by atoms with Crippen LogP contribution >= 0.6 is 0 Å². The van der Waals surface area contributed by atoms with E-state index in [0.717, 1.165) is 18.0 Å². The summed E-state index contributed by atoms with van der Waals surface area (Å²) in [5, 5.41) is 3.26. The van der Waals surface area contributed by atoms with Gasteiger partial charge in [0.05, 0.1) is 12.8 Å². The Morgan fingerprint density at radius 3 is 2.64 bits per heavy atom. The monoisotopic (exact) mass is 194 g/mol. The van der Waals surface area contributed by atoms with Crippen LogP contribution in [0, 0.1) is 13.8 Å². The largest absolute Gasteiger partial charge is 0.495 e. The quantitative estimate of drug-likeness (QED) is 0.766. The molecule has 0 amide bonds. The Morgan fingerprint density at radius 1 is 1.36 bits per heavy atom. The molecule has 14 heavy (non-hydrogen) atoms. The zero-order chi connectivity index (χ0) is 10.6. The molecule has 0 aliphatic carbocycles. The molecular weight excluding hydrogens is 176 g/mol. The molecule has 0 saturated carbocycles. The van der Waals surface area contributed by atoms with Gasteiger partial charge in [0.2, 0.25) is 0 Å². The fourth-order valence-electron chi connectivity index (χ4n) is 1.51. The number of hydrogen-bond donors (Lipinski definition) is 2. The number of methoxy groups -OCH3 is 1. The Labute approximate surface area is 85.3 Å². The number of anilines is 1. The summed E-state index contributed by atoms with van der Waals surface area (Å²) in [5.74, 6) is 0.885. The van der Waals surface area contributed by atoms with Crippen molar-refractivity contribution in [2.75, 3.05) is 25.5 Å². The van der Waals surface area contributed by atoms with Crippen molar-refractivity contribution in [1.29, 1.82) is 0 Å². The Bertz CT molecular complexity index is 310. The summed E-state index contributed by atoms with van der Waals surface area (Å²) in [5.41, 5.74) is 8.89. The fraction of sp³-hybridized carbons (Fsp3) is 0.455. The third-order valence-electron chi connectivity index (χ3n) is 2.11. The highest BCUT2D eigenvalue weighted by molar-refractivity contribution is 5.63. The summed E-state index contributed by atoms with van der Waals surface area (Å²) in [4.78, 5) is 0. The number of ether oxygens (including phenoxy) is 1. The lowest BCUT2D eigenvalue weighted by Crippen LogP contribution is -2.14. The van der Waals surface area contributed by atoms with E-state index in [1.54, 1.807) is 7.11 Å². The van der Waals surface area contributed by atoms with Crippen molar-refractivity contribution in [3.05, 3.63) is 23.3 Å². The fourth-order valence-corrected chi connectivity index (χ4v) is 1.51. The average molecular weight is 194 g/mol. The lowest BCUT2D eigenvalue weighted by Gasteiger charge is -2.14. The molecule has 0 spiro atoms. The van der Waals surface area contributed by atoms with Crippen LogP contribution in [0.25, 0.3) is 0 Å². The molecule has 0 radical (unpaired) electrons. The molecule has 3 N–H and O–H groups in total. The van der Waals surface area contributed by atoms with E-state index in [4.69, 9.17) is 10.5 Å². The van der Waals surface area contributed by atoms with E-state index in [1.807, 2.05) is 6.07 Å². The van der Waals surface area contributed by atoms with Crippen LogP contribution in [0.1, 0.15) is 11.1 Å². The molecule has 0 aromatic heterocycles. The summed E-state index contributed by atoms with van der Waals surface area (Å²) >= 11 is 0. The van der Waals surface area contributed by atoms with Crippen molar-refractivity contribution < 1.29 is 4.74 Å². The van der Waals surface area contributed by atoms with Gasteiger partial charge in [-0.05, 0) is 31.0 Å². The van der Waals surface area contributed by atoms with Crippen LogP contribution in [-0.4, -0.2) is 20.2 Å². The molecule has 78 valence electrons. The Hall–Kier alpha value is -1.22. The van der Waals surface area contributed by atoms with Crippen molar-refractivity contribution in [1.82, 2.24) is 0 Å². The number of rotatable bonds is 4. The van der Waals surface area contributed by atoms with Gasteiger partial charge in [0, 0.05) is 13.1 Å². The topological polar surface area (TPSA) is 47.3 Å². The first kappa shape index (κ1) is 10.9. The molecule has 1 aromatic carbocycles. The van der Waals surface area contributed by atoms with Crippen molar-refractivity contribution in [3.8, 4) is 5.75 Å². The molecule has 0 aliphatic heterocycles. The molecule has 3 nitrogen and oxygen atoms in total. The van der Waals surface area contributed by atoms with Gasteiger partial charge >= 0.3 is 0 Å². The molecule has 0 heterocycles. The maximum absolute atomic E-state index is 5.44. The standard InChI is InChI=1S/C11H18N2O/c1-8-6-9(2)11(13-5-4-12)10(7-8)14-3/h6-7,13H,4-5,12H2,1-3H3. The van der Waals surface area contributed by atoms with Crippen LogP contribution in [0.3, 0.4) is 0 Å². The minimum Gasteiger partial charge on any atom is -0.495 e. The first-order valence-corrected chi connectivity index (χ1v) is 4.78. The number of hydrogen-bond acceptors (Lipinski definition) is 3. The normalized spacial score (nSPS) is 10.0. The summed E-state index contributed by atoms with van der Waals surface area (Å²) < 4.78 is 5.30. The van der Waals surface area contributed by atoms with Gasteiger partial charge in [-0.2, -0.15) is 0 Å².